The van der Waals surface area contributed by atoms with Crippen LogP contribution < -0.4 is 19.7 Å². The maximum absolute atomic E-state index is 5.83. The number of fused-ring (bicyclic) bond motifs is 1. The van der Waals surface area contributed by atoms with Gasteiger partial charge < -0.3 is 24.3 Å². The molecule has 1 saturated heterocycles. The largest absolute Gasteiger partial charge is 0.454 e. The number of thiocarbonyl (C=S) groups is 1. The first kappa shape index (κ1) is 18.7. The lowest BCUT2D eigenvalue weighted by atomic mass is 9.98. The molecule has 0 radical (unpaired) electrons. The van der Waals surface area contributed by atoms with Gasteiger partial charge in [-0.05, 0) is 61.0 Å². The van der Waals surface area contributed by atoms with Gasteiger partial charge in [0.2, 0.25) is 6.79 Å². The van der Waals surface area contributed by atoms with Crippen molar-refractivity contribution in [2.75, 3.05) is 11.7 Å². The molecule has 0 spiro atoms. The summed E-state index contributed by atoms with van der Waals surface area (Å²) in [5, 5.41) is 4.22. The number of pyridine rings is 1. The van der Waals surface area contributed by atoms with Crippen LogP contribution in [-0.2, 0) is 0 Å². The molecule has 0 amide bonds. The number of anilines is 1. The van der Waals surface area contributed by atoms with E-state index in [-0.39, 0.29) is 18.9 Å². The number of benzene rings is 1. The smallest absolute Gasteiger partial charge is 0.231 e. The molecular formula is C24H24N4O2S. The van der Waals surface area contributed by atoms with Crippen molar-refractivity contribution in [3.63, 3.8) is 0 Å². The molecule has 3 aromatic rings. The van der Waals surface area contributed by atoms with Crippen LogP contribution in [0.5, 0.6) is 11.5 Å². The van der Waals surface area contributed by atoms with E-state index in [4.69, 9.17) is 21.7 Å². The lowest BCUT2D eigenvalue weighted by molar-refractivity contribution is 0.174. The zero-order valence-corrected chi connectivity index (χ0v) is 17.9. The first-order valence-electron chi connectivity index (χ1n) is 10.9. The first-order valence-corrected chi connectivity index (χ1v) is 11.3. The van der Waals surface area contributed by atoms with E-state index in [1.165, 1.54) is 31.2 Å². The predicted molar refractivity (Wildman–Crippen MR) is 122 cm³/mol. The fourth-order valence-electron chi connectivity index (χ4n) is 5.04. The molecule has 2 fully saturated rings. The molecule has 6 nitrogen and oxygen atoms in total. The monoisotopic (exact) mass is 432 g/mol. The fourth-order valence-corrected chi connectivity index (χ4v) is 5.39. The van der Waals surface area contributed by atoms with Crippen molar-refractivity contribution < 1.29 is 9.47 Å². The Labute approximate surface area is 186 Å². The van der Waals surface area contributed by atoms with Gasteiger partial charge in [-0.25, -0.2) is 0 Å². The van der Waals surface area contributed by atoms with Gasteiger partial charge >= 0.3 is 0 Å². The fraction of sp³-hybridized carbons (Fsp3) is 0.333. The Morgan fingerprint density at radius 3 is 2.74 bits per heavy atom. The minimum Gasteiger partial charge on any atom is -0.454 e. The van der Waals surface area contributed by atoms with Gasteiger partial charge in [0.25, 0.3) is 0 Å². The zero-order valence-electron chi connectivity index (χ0n) is 17.1. The van der Waals surface area contributed by atoms with E-state index in [0.29, 0.717) is 11.2 Å². The van der Waals surface area contributed by atoms with E-state index in [1.807, 2.05) is 36.5 Å². The first-order chi connectivity index (χ1) is 15.3. The third-order valence-electron chi connectivity index (χ3n) is 6.56. The average molecular weight is 433 g/mol. The van der Waals surface area contributed by atoms with Crippen LogP contribution in [0, 0.1) is 0 Å². The molecule has 31 heavy (non-hydrogen) atoms. The Hall–Kier alpha value is -3.06. The highest BCUT2D eigenvalue weighted by Gasteiger charge is 2.41. The number of rotatable bonds is 4. The van der Waals surface area contributed by atoms with Gasteiger partial charge in [-0.3, -0.25) is 4.98 Å². The molecule has 6 rings (SSSR count). The highest BCUT2D eigenvalue weighted by Crippen LogP contribution is 2.45. The second-order valence-corrected chi connectivity index (χ2v) is 8.75. The summed E-state index contributed by atoms with van der Waals surface area (Å²) in [6, 6.07) is 14.8. The summed E-state index contributed by atoms with van der Waals surface area (Å²) >= 11 is 5.83. The summed E-state index contributed by atoms with van der Waals surface area (Å²) in [6.07, 6.45) is 11.5. The zero-order chi connectivity index (χ0) is 20.8. The molecular weight excluding hydrogens is 408 g/mol. The van der Waals surface area contributed by atoms with Crippen LogP contribution in [0.1, 0.15) is 55.1 Å². The molecule has 2 unspecified atom stereocenters. The number of ether oxygens (including phenoxy) is 2. The predicted octanol–water partition coefficient (Wildman–Crippen LogP) is 4.90. The molecule has 1 saturated carbocycles. The third kappa shape index (κ3) is 3.24. The molecule has 158 valence electrons. The van der Waals surface area contributed by atoms with Crippen molar-refractivity contribution in [1.82, 2.24) is 14.9 Å². The number of nitrogens with zero attached hydrogens (tertiary/aromatic N) is 3. The van der Waals surface area contributed by atoms with Crippen LogP contribution in [0.2, 0.25) is 0 Å². The van der Waals surface area contributed by atoms with Gasteiger partial charge in [0, 0.05) is 36.4 Å². The Morgan fingerprint density at radius 1 is 1.03 bits per heavy atom. The van der Waals surface area contributed by atoms with E-state index in [9.17, 15) is 0 Å². The van der Waals surface area contributed by atoms with Crippen LogP contribution in [0.4, 0.5) is 5.69 Å². The van der Waals surface area contributed by atoms with Crippen molar-refractivity contribution in [3.05, 3.63) is 72.3 Å². The van der Waals surface area contributed by atoms with Gasteiger partial charge in [-0.2, -0.15) is 0 Å². The van der Waals surface area contributed by atoms with Gasteiger partial charge in [0.1, 0.15) is 0 Å². The summed E-state index contributed by atoms with van der Waals surface area (Å²) in [5.74, 6) is 1.52. The lowest BCUT2D eigenvalue weighted by Crippen LogP contribution is -2.29. The standard InChI is InChI=1S/C24H24N4O2S/c31-24-26-22(19-7-3-4-11-25-19)23(16-10-12-27(14-16)17-5-1-2-6-17)28(24)18-8-9-20-21(13-18)30-15-29-20/h3-4,7-14,17,22-23H,1-2,5-6,15H2,(H,26,31). The maximum atomic E-state index is 5.83. The van der Waals surface area contributed by atoms with E-state index in [2.05, 4.69) is 44.3 Å². The second kappa shape index (κ2) is 7.57. The van der Waals surface area contributed by atoms with Gasteiger partial charge in [0.15, 0.2) is 16.6 Å². The summed E-state index contributed by atoms with van der Waals surface area (Å²) in [5.41, 5.74) is 3.19. The average Bonchev–Trinajstić information content (AvgIpc) is 3.59. The molecule has 4 heterocycles. The molecule has 2 aromatic heterocycles. The van der Waals surface area contributed by atoms with Crippen LogP contribution in [0.25, 0.3) is 0 Å². The van der Waals surface area contributed by atoms with E-state index in [0.717, 1.165) is 22.9 Å². The Morgan fingerprint density at radius 2 is 1.90 bits per heavy atom. The van der Waals surface area contributed by atoms with Crippen molar-refractivity contribution in [1.29, 1.82) is 0 Å². The molecule has 2 aliphatic heterocycles. The Kier molecular flexibility index (Phi) is 4.56. The molecule has 1 aliphatic carbocycles. The van der Waals surface area contributed by atoms with E-state index < -0.39 is 0 Å². The minimum absolute atomic E-state index is 0.00887. The molecule has 0 bridgehead atoms. The van der Waals surface area contributed by atoms with Crippen LogP contribution in [-0.4, -0.2) is 21.5 Å². The topological polar surface area (TPSA) is 51.6 Å². The van der Waals surface area contributed by atoms with Crippen molar-refractivity contribution in [2.24, 2.45) is 0 Å². The van der Waals surface area contributed by atoms with E-state index >= 15 is 0 Å². The maximum Gasteiger partial charge on any atom is 0.231 e. The second-order valence-electron chi connectivity index (χ2n) is 8.36. The summed E-state index contributed by atoms with van der Waals surface area (Å²) < 4.78 is 13.5. The highest BCUT2D eigenvalue weighted by atomic mass is 32.1. The molecule has 3 aliphatic rings. The van der Waals surface area contributed by atoms with Crippen LogP contribution >= 0.6 is 12.2 Å². The SMILES string of the molecule is S=C1NC(c2ccccn2)C(c2ccn(C3CCCC3)c2)N1c1ccc2c(c1)OCO2. The number of hydrogen-bond acceptors (Lipinski definition) is 4. The van der Waals surface area contributed by atoms with Crippen LogP contribution in [0.3, 0.4) is 0 Å². The van der Waals surface area contributed by atoms with Crippen molar-refractivity contribution in [3.8, 4) is 11.5 Å². The highest BCUT2D eigenvalue weighted by molar-refractivity contribution is 7.80. The van der Waals surface area contributed by atoms with Crippen molar-refractivity contribution in [2.45, 2.75) is 43.8 Å². The number of nitrogens with one attached hydrogen (secondary N) is 1. The minimum atomic E-state index is -0.0430. The summed E-state index contributed by atoms with van der Waals surface area (Å²) in [4.78, 5) is 6.83. The molecule has 2 atom stereocenters. The third-order valence-corrected chi connectivity index (χ3v) is 6.87. The van der Waals surface area contributed by atoms with Crippen molar-refractivity contribution >= 4 is 23.0 Å². The summed E-state index contributed by atoms with van der Waals surface area (Å²) in [7, 11) is 0. The lowest BCUT2D eigenvalue weighted by Gasteiger charge is -2.27. The molecule has 7 heteroatoms. The quantitative estimate of drug-likeness (QED) is 0.592. The van der Waals surface area contributed by atoms with Crippen LogP contribution in [0.15, 0.2) is 61.1 Å². The normalized spacial score (nSPS) is 22.8. The van der Waals surface area contributed by atoms with Gasteiger partial charge in [-0.15, -0.1) is 0 Å². The Bertz CT molecular complexity index is 1110. The van der Waals surface area contributed by atoms with Gasteiger partial charge in [0.05, 0.1) is 17.8 Å². The van der Waals surface area contributed by atoms with E-state index in [1.54, 1.807) is 0 Å². The molecule has 1 aromatic carbocycles. The number of aromatic nitrogens is 2. The van der Waals surface area contributed by atoms with Gasteiger partial charge in [-0.1, -0.05) is 18.9 Å². The number of hydrogen-bond donors (Lipinski definition) is 1. The molecule has 1 N–H and O–H groups in total. The Balaban J connectivity index is 1.42. The summed E-state index contributed by atoms with van der Waals surface area (Å²) in [6.45, 7) is 0.256.